The molecule has 1 aliphatic rings. The number of aliphatic carboxylic acids is 1. The summed E-state index contributed by atoms with van der Waals surface area (Å²) in [6, 6.07) is 6.65. The maximum atomic E-state index is 10.7. The lowest BCUT2D eigenvalue weighted by Crippen LogP contribution is -2.60. The van der Waals surface area contributed by atoms with E-state index in [2.05, 4.69) is 0 Å². The Kier molecular flexibility index (Phi) is 5.91. The van der Waals surface area contributed by atoms with Gasteiger partial charge >= 0.3 is 5.97 Å². The largest absolute Gasteiger partial charge is 0.481 e. The molecule has 1 heterocycles. The minimum atomic E-state index is -1.53. The first-order chi connectivity index (χ1) is 10.9. The third-order valence-corrected chi connectivity index (χ3v) is 3.67. The van der Waals surface area contributed by atoms with Crippen LogP contribution in [0.15, 0.2) is 24.3 Å². The van der Waals surface area contributed by atoms with Gasteiger partial charge in [-0.1, -0.05) is 18.2 Å². The van der Waals surface area contributed by atoms with E-state index in [1.165, 1.54) is 0 Å². The fourth-order valence-corrected chi connectivity index (χ4v) is 2.36. The third-order valence-electron chi connectivity index (χ3n) is 3.67. The van der Waals surface area contributed by atoms with Gasteiger partial charge in [0.15, 0.2) is 0 Å². The second kappa shape index (κ2) is 7.71. The van der Waals surface area contributed by atoms with Gasteiger partial charge in [-0.15, -0.1) is 0 Å². The van der Waals surface area contributed by atoms with Crippen LogP contribution in [0.2, 0.25) is 0 Å². The number of hydrogen-bond donors (Lipinski definition) is 5. The van der Waals surface area contributed by atoms with Crippen molar-refractivity contribution in [2.24, 2.45) is 0 Å². The van der Waals surface area contributed by atoms with Crippen molar-refractivity contribution in [3.63, 3.8) is 0 Å². The minimum absolute atomic E-state index is 0.0882. The van der Waals surface area contributed by atoms with Crippen LogP contribution in [0.25, 0.3) is 0 Å². The van der Waals surface area contributed by atoms with Crippen LogP contribution in [-0.2, 0) is 16.0 Å². The van der Waals surface area contributed by atoms with Crippen molar-refractivity contribution >= 4 is 5.97 Å². The van der Waals surface area contributed by atoms with E-state index >= 15 is 0 Å². The minimum Gasteiger partial charge on any atom is -0.481 e. The molecule has 1 aromatic rings. The molecule has 1 saturated heterocycles. The van der Waals surface area contributed by atoms with E-state index in [1.54, 1.807) is 24.3 Å². The molecule has 0 saturated carbocycles. The van der Waals surface area contributed by atoms with Gasteiger partial charge in [0.25, 0.3) is 0 Å². The maximum Gasteiger partial charge on any atom is 0.303 e. The molecule has 1 aromatic carbocycles. The van der Waals surface area contributed by atoms with E-state index in [-0.39, 0.29) is 12.8 Å². The lowest BCUT2D eigenvalue weighted by atomic mass is 9.99. The summed E-state index contributed by atoms with van der Waals surface area (Å²) in [5, 5.41) is 47.3. The molecule has 8 heteroatoms. The number of carboxylic acids is 1. The quantitative estimate of drug-likeness (QED) is 0.443. The van der Waals surface area contributed by atoms with Crippen LogP contribution in [0.4, 0.5) is 0 Å². The Labute approximate surface area is 132 Å². The molecule has 0 amide bonds. The molecule has 0 unspecified atom stereocenters. The first-order valence-electron chi connectivity index (χ1n) is 7.21. The van der Waals surface area contributed by atoms with Gasteiger partial charge in [0, 0.05) is 6.42 Å². The fourth-order valence-electron chi connectivity index (χ4n) is 2.36. The summed E-state index contributed by atoms with van der Waals surface area (Å²) >= 11 is 0. The number of para-hydroxylation sites is 1. The van der Waals surface area contributed by atoms with E-state index in [1.807, 2.05) is 0 Å². The maximum absolute atomic E-state index is 10.7. The van der Waals surface area contributed by atoms with Crippen LogP contribution in [0.1, 0.15) is 12.0 Å². The number of aryl methyl sites for hydroxylation is 1. The van der Waals surface area contributed by atoms with Gasteiger partial charge < -0.3 is 35.0 Å². The van der Waals surface area contributed by atoms with Crippen molar-refractivity contribution in [1.82, 2.24) is 0 Å². The molecule has 1 fully saturated rings. The topological polar surface area (TPSA) is 137 Å². The number of aliphatic hydroxyl groups is 4. The molecule has 2 rings (SSSR count). The number of ether oxygens (including phenoxy) is 2. The Morgan fingerprint density at radius 3 is 2.48 bits per heavy atom. The Balaban J connectivity index is 2.13. The van der Waals surface area contributed by atoms with Crippen molar-refractivity contribution < 1.29 is 39.8 Å². The molecule has 5 atom stereocenters. The smallest absolute Gasteiger partial charge is 0.303 e. The molecule has 0 bridgehead atoms. The van der Waals surface area contributed by atoms with Crippen molar-refractivity contribution in [3.8, 4) is 5.75 Å². The van der Waals surface area contributed by atoms with Crippen LogP contribution in [0.5, 0.6) is 5.75 Å². The van der Waals surface area contributed by atoms with Crippen molar-refractivity contribution in [2.75, 3.05) is 6.61 Å². The van der Waals surface area contributed by atoms with Gasteiger partial charge in [-0.05, 0) is 18.1 Å². The van der Waals surface area contributed by atoms with Crippen molar-refractivity contribution in [3.05, 3.63) is 29.8 Å². The average Bonchev–Trinajstić information content (AvgIpc) is 2.54. The summed E-state index contributed by atoms with van der Waals surface area (Å²) in [6.45, 7) is -0.550. The number of carboxylic acid groups (broad SMARTS) is 1. The highest BCUT2D eigenvalue weighted by Crippen LogP contribution is 2.27. The zero-order chi connectivity index (χ0) is 17.0. The average molecular weight is 328 g/mol. The van der Waals surface area contributed by atoms with Crippen LogP contribution in [0.3, 0.4) is 0 Å². The SMILES string of the molecule is O=C(O)CCc1ccccc1O[C@@H]1O[C@H](CO)[C@@H](O)[C@@H](O)[C@H]1O. The second-order valence-corrected chi connectivity index (χ2v) is 5.32. The first kappa shape index (κ1) is 17.6. The van der Waals surface area contributed by atoms with Crippen molar-refractivity contribution in [2.45, 2.75) is 43.5 Å². The fraction of sp³-hybridized carbons (Fsp3) is 0.533. The van der Waals surface area contributed by atoms with E-state index in [4.69, 9.17) is 19.7 Å². The predicted molar refractivity (Wildman–Crippen MR) is 76.8 cm³/mol. The molecule has 0 radical (unpaired) electrons. The first-order valence-corrected chi connectivity index (χ1v) is 7.21. The highest BCUT2D eigenvalue weighted by atomic mass is 16.7. The van der Waals surface area contributed by atoms with Crippen molar-refractivity contribution in [1.29, 1.82) is 0 Å². The molecule has 23 heavy (non-hydrogen) atoms. The molecular weight excluding hydrogens is 308 g/mol. The zero-order valence-corrected chi connectivity index (χ0v) is 12.3. The van der Waals surface area contributed by atoms with Crippen LogP contribution < -0.4 is 4.74 Å². The Hall–Kier alpha value is -1.71. The normalized spacial score (nSPS) is 30.9. The number of rotatable bonds is 6. The molecule has 0 spiro atoms. The molecular formula is C15H20O8. The molecule has 128 valence electrons. The monoisotopic (exact) mass is 328 g/mol. The highest BCUT2D eigenvalue weighted by Gasteiger charge is 2.44. The third kappa shape index (κ3) is 4.18. The van der Waals surface area contributed by atoms with E-state index < -0.39 is 43.3 Å². The predicted octanol–water partition coefficient (Wildman–Crippen LogP) is -1.12. The summed E-state index contributed by atoms with van der Waals surface area (Å²) in [5.74, 6) is -0.647. The number of benzene rings is 1. The van der Waals surface area contributed by atoms with Gasteiger partial charge in [-0.25, -0.2) is 0 Å². The molecule has 8 nitrogen and oxygen atoms in total. The van der Waals surface area contributed by atoms with Gasteiger partial charge in [-0.2, -0.15) is 0 Å². The number of carbonyl (C=O) groups is 1. The molecule has 5 N–H and O–H groups in total. The standard InChI is InChI=1S/C15H20O8/c16-7-10-12(19)13(20)14(21)15(23-10)22-9-4-2-1-3-8(9)5-6-11(17)18/h1-4,10,12-16,19-21H,5-7H2,(H,17,18)/t10-,12-,13-,14-,15-/m1/s1. The highest BCUT2D eigenvalue weighted by molar-refractivity contribution is 5.67. The van der Waals surface area contributed by atoms with E-state index in [9.17, 15) is 20.1 Å². The van der Waals surface area contributed by atoms with E-state index in [0.717, 1.165) is 0 Å². The Morgan fingerprint density at radius 1 is 1.13 bits per heavy atom. The van der Waals surface area contributed by atoms with Crippen LogP contribution >= 0.6 is 0 Å². The van der Waals surface area contributed by atoms with Crippen LogP contribution in [0, 0.1) is 0 Å². The Bertz CT molecular complexity index is 532. The summed E-state index contributed by atoms with van der Waals surface area (Å²) in [7, 11) is 0. The van der Waals surface area contributed by atoms with Gasteiger partial charge in [0.2, 0.25) is 6.29 Å². The number of aliphatic hydroxyl groups excluding tert-OH is 4. The Morgan fingerprint density at radius 2 is 1.83 bits per heavy atom. The second-order valence-electron chi connectivity index (χ2n) is 5.32. The lowest BCUT2D eigenvalue weighted by Gasteiger charge is -2.39. The van der Waals surface area contributed by atoms with Gasteiger partial charge in [0.1, 0.15) is 30.2 Å². The van der Waals surface area contributed by atoms with E-state index in [0.29, 0.717) is 11.3 Å². The lowest BCUT2D eigenvalue weighted by molar-refractivity contribution is -0.277. The molecule has 0 aliphatic carbocycles. The zero-order valence-electron chi connectivity index (χ0n) is 12.3. The summed E-state index contributed by atoms with van der Waals surface area (Å²) in [5.41, 5.74) is 0.604. The van der Waals surface area contributed by atoms with Gasteiger partial charge in [-0.3, -0.25) is 4.79 Å². The summed E-state index contributed by atoms with van der Waals surface area (Å²) in [6.07, 6.45) is -6.73. The number of hydrogen-bond acceptors (Lipinski definition) is 7. The summed E-state index contributed by atoms with van der Waals surface area (Å²) in [4.78, 5) is 10.7. The molecule has 0 aromatic heterocycles. The molecule has 1 aliphatic heterocycles. The summed E-state index contributed by atoms with van der Waals surface area (Å²) < 4.78 is 10.8. The van der Waals surface area contributed by atoms with Gasteiger partial charge in [0.05, 0.1) is 6.61 Å². The van der Waals surface area contributed by atoms with Crippen LogP contribution in [-0.4, -0.2) is 68.8 Å².